The normalized spacial score (nSPS) is 12.2. The van der Waals surface area contributed by atoms with Gasteiger partial charge in [-0.2, -0.15) is 0 Å². The summed E-state index contributed by atoms with van der Waals surface area (Å²) in [6, 6.07) is 9.34. The molecule has 0 aliphatic carbocycles. The summed E-state index contributed by atoms with van der Waals surface area (Å²) >= 11 is 0. The van der Waals surface area contributed by atoms with E-state index in [1.807, 2.05) is 51.1 Å². The highest BCUT2D eigenvalue weighted by Crippen LogP contribution is 2.15. The summed E-state index contributed by atoms with van der Waals surface area (Å²) in [6.07, 6.45) is 1.61. The standard InChI is InChI=1S/C15H17NO2/c1-10-6-7-13(11(2)9-10)15(17)16-12(3)14-5-4-8-18-14/h4-9,12H,1-3H3,(H,16,17). The van der Waals surface area contributed by atoms with Crippen LogP contribution in [0, 0.1) is 13.8 Å². The first kappa shape index (κ1) is 12.4. The summed E-state index contributed by atoms with van der Waals surface area (Å²) < 4.78 is 5.27. The summed E-state index contributed by atoms with van der Waals surface area (Å²) in [6.45, 7) is 5.86. The summed E-state index contributed by atoms with van der Waals surface area (Å²) in [4.78, 5) is 12.1. The SMILES string of the molecule is Cc1ccc(C(=O)NC(C)c2ccco2)c(C)c1. The van der Waals surface area contributed by atoms with Crippen LogP contribution in [0.5, 0.6) is 0 Å². The van der Waals surface area contributed by atoms with Gasteiger partial charge in [0, 0.05) is 5.56 Å². The number of benzene rings is 1. The molecular weight excluding hydrogens is 226 g/mol. The summed E-state index contributed by atoms with van der Waals surface area (Å²) in [7, 11) is 0. The monoisotopic (exact) mass is 243 g/mol. The molecule has 1 N–H and O–H groups in total. The smallest absolute Gasteiger partial charge is 0.252 e. The van der Waals surface area contributed by atoms with Gasteiger partial charge in [-0.15, -0.1) is 0 Å². The fraction of sp³-hybridized carbons (Fsp3) is 0.267. The van der Waals surface area contributed by atoms with E-state index in [-0.39, 0.29) is 11.9 Å². The molecular formula is C15H17NO2. The first-order valence-corrected chi connectivity index (χ1v) is 5.99. The third-order valence-electron chi connectivity index (χ3n) is 2.94. The van der Waals surface area contributed by atoms with E-state index >= 15 is 0 Å². The molecule has 0 saturated carbocycles. The first-order chi connectivity index (χ1) is 8.58. The van der Waals surface area contributed by atoms with Crippen molar-refractivity contribution in [2.45, 2.75) is 26.8 Å². The van der Waals surface area contributed by atoms with Gasteiger partial charge in [0.15, 0.2) is 0 Å². The Bertz CT molecular complexity index is 544. The number of nitrogens with one attached hydrogen (secondary N) is 1. The molecule has 1 amide bonds. The molecule has 3 heteroatoms. The highest BCUT2D eigenvalue weighted by Gasteiger charge is 2.14. The molecule has 0 fully saturated rings. The molecule has 2 rings (SSSR count). The van der Waals surface area contributed by atoms with E-state index in [1.165, 1.54) is 0 Å². The fourth-order valence-electron chi connectivity index (χ4n) is 1.95. The Morgan fingerprint density at radius 2 is 2.06 bits per heavy atom. The second kappa shape index (κ2) is 5.08. The topological polar surface area (TPSA) is 42.2 Å². The van der Waals surface area contributed by atoms with Crippen LogP contribution in [-0.2, 0) is 0 Å². The molecule has 0 bridgehead atoms. The van der Waals surface area contributed by atoms with Crippen LogP contribution in [0.3, 0.4) is 0 Å². The molecule has 2 aromatic rings. The van der Waals surface area contributed by atoms with Gasteiger partial charge < -0.3 is 9.73 Å². The molecule has 1 aromatic carbocycles. The Balaban J connectivity index is 2.12. The number of amides is 1. The van der Waals surface area contributed by atoms with Crippen molar-refractivity contribution >= 4 is 5.91 Å². The lowest BCUT2D eigenvalue weighted by molar-refractivity contribution is 0.0935. The average Bonchev–Trinajstić information content (AvgIpc) is 2.81. The number of carbonyl (C=O) groups is 1. The first-order valence-electron chi connectivity index (χ1n) is 5.99. The van der Waals surface area contributed by atoms with Gasteiger partial charge in [0.25, 0.3) is 5.91 Å². The van der Waals surface area contributed by atoms with E-state index in [2.05, 4.69) is 5.32 Å². The van der Waals surface area contributed by atoms with Gasteiger partial charge in [0.2, 0.25) is 0 Å². The maximum atomic E-state index is 12.1. The molecule has 1 unspecified atom stereocenters. The Hall–Kier alpha value is -2.03. The van der Waals surface area contributed by atoms with E-state index in [1.54, 1.807) is 6.26 Å². The predicted octanol–water partition coefficient (Wildman–Crippen LogP) is 3.39. The quantitative estimate of drug-likeness (QED) is 0.897. The highest BCUT2D eigenvalue weighted by molar-refractivity contribution is 5.95. The van der Waals surface area contributed by atoms with E-state index < -0.39 is 0 Å². The Kier molecular flexibility index (Phi) is 3.51. The van der Waals surface area contributed by atoms with Crippen molar-refractivity contribution < 1.29 is 9.21 Å². The lowest BCUT2D eigenvalue weighted by Crippen LogP contribution is -2.27. The molecule has 0 aliphatic rings. The maximum Gasteiger partial charge on any atom is 0.252 e. The minimum Gasteiger partial charge on any atom is -0.467 e. The lowest BCUT2D eigenvalue weighted by Gasteiger charge is -2.13. The predicted molar refractivity (Wildman–Crippen MR) is 70.5 cm³/mol. The zero-order valence-corrected chi connectivity index (χ0v) is 10.9. The van der Waals surface area contributed by atoms with Crippen molar-refractivity contribution in [2.24, 2.45) is 0 Å². The number of furan rings is 1. The number of carbonyl (C=O) groups excluding carboxylic acids is 1. The van der Waals surface area contributed by atoms with Crippen molar-refractivity contribution in [3.63, 3.8) is 0 Å². The summed E-state index contributed by atoms with van der Waals surface area (Å²) in [5, 5.41) is 2.93. The van der Waals surface area contributed by atoms with Gasteiger partial charge in [-0.25, -0.2) is 0 Å². The van der Waals surface area contributed by atoms with Gasteiger partial charge in [-0.05, 0) is 44.5 Å². The van der Waals surface area contributed by atoms with E-state index in [0.717, 1.165) is 16.9 Å². The molecule has 0 aliphatic heterocycles. The van der Waals surface area contributed by atoms with Crippen molar-refractivity contribution in [3.05, 3.63) is 59.0 Å². The van der Waals surface area contributed by atoms with Crippen LogP contribution >= 0.6 is 0 Å². The third kappa shape index (κ3) is 2.62. The van der Waals surface area contributed by atoms with E-state index in [4.69, 9.17) is 4.42 Å². The molecule has 18 heavy (non-hydrogen) atoms. The van der Waals surface area contributed by atoms with Crippen molar-refractivity contribution in [1.29, 1.82) is 0 Å². The van der Waals surface area contributed by atoms with Crippen LogP contribution in [-0.4, -0.2) is 5.91 Å². The minimum absolute atomic E-state index is 0.0728. The molecule has 1 atom stereocenters. The fourth-order valence-corrected chi connectivity index (χ4v) is 1.95. The number of rotatable bonds is 3. The molecule has 1 aromatic heterocycles. The van der Waals surface area contributed by atoms with Gasteiger partial charge in [0.05, 0.1) is 12.3 Å². The van der Waals surface area contributed by atoms with Crippen LogP contribution < -0.4 is 5.32 Å². The molecule has 0 spiro atoms. The zero-order valence-electron chi connectivity index (χ0n) is 10.9. The molecule has 0 radical (unpaired) electrons. The van der Waals surface area contributed by atoms with Crippen LogP contribution in [0.25, 0.3) is 0 Å². The van der Waals surface area contributed by atoms with Gasteiger partial charge >= 0.3 is 0 Å². The highest BCUT2D eigenvalue weighted by atomic mass is 16.3. The Labute approximate surface area is 107 Å². The zero-order chi connectivity index (χ0) is 13.1. The van der Waals surface area contributed by atoms with Gasteiger partial charge in [-0.3, -0.25) is 4.79 Å². The van der Waals surface area contributed by atoms with Crippen LogP contribution in [0.1, 0.15) is 40.2 Å². The largest absolute Gasteiger partial charge is 0.467 e. The number of hydrogen-bond acceptors (Lipinski definition) is 2. The van der Waals surface area contributed by atoms with Gasteiger partial charge in [-0.1, -0.05) is 17.7 Å². The number of aryl methyl sites for hydroxylation is 2. The minimum atomic E-state index is -0.131. The number of hydrogen-bond donors (Lipinski definition) is 1. The van der Waals surface area contributed by atoms with E-state index in [0.29, 0.717) is 5.56 Å². The Morgan fingerprint density at radius 3 is 2.67 bits per heavy atom. The molecule has 1 heterocycles. The lowest BCUT2D eigenvalue weighted by atomic mass is 10.0. The second-order valence-corrected chi connectivity index (χ2v) is 4.53. The van der Waals surface area contributed by atoms with Crippen LogP contribution in [0.15, 0.2) is 41.0 Å². The van der Waals surface area contributed by atoms with Crippen molar-refractivity contribution in [2.75, 3.05) is 0 Å². The average molecular weight is 243 g/mol. The Morgan fingerprint density at radius 1 is 1.28 bits per heavy atom. The maximum absolute atomic E-state index is 12.1. The van der Waals surface area contributed by atoms with Gasteiger partial charge in [0.1, 0.15) is 5.76 Å². The van der Waals surface area contributed by atoms with E-state index in [9.17, 15) is 4.79 Å². The molecule has 0 saturated heterocycles. The van der Waals surface area contributed by atoms with Crippen LogP contribution in [0.2, 0.25) is 0 Å². The summed E-state index contributed by atoms with van der Waals surface area (Å²) in [5.41, 5.74) is 2.85. The van der Waals surface area contributed by atoms with Crippen LogP contribution in [0.4, 0.5) is 0 Å². The molecule has 3 nitrogen and oxygen atoms in total. The summed E-state index contributed by atoms with van der Waals surface area (Å²) in [5.74, 6) is 0.685. The second-order valence-electron chi connectivity index (χ2n) is 4.53. The third-order valence-corrected chi connectivity index (χ3v) is 2.94. The van der Waals surface area contributed by atoms with Crippen molar-refractivity contribution in [3.8, 4) is 0 Å². The van der Waals surface area contributed by atoms with Crippen molar-refractivity contribution in [1.82, 2.24) is 5.32 Å². The molecule has 94 valence electrons.